The molecule has 0 bridgehead atoms. The highest BCUT2D eigenvalue weighted by atomic mass is 32.2. The first kappa shape index (κ1) is 29.5. The number of ether oxygens (including phenoxy) is 3. The van der Waals surface area contributed by atoms with Gasteiger partial charge in [-0.25, -0.2) is 4.79 Å². The highest BCUT2D eigenvalue weighted by Crippen LogP contribution is 2.69. The first-order chi connectivity index (χ1) is 20.1. The molecule has 1 saturated heterocycles. The van der Waals surface area contributed by atoms with Gasteiger partial charge in [-0.2, -0.15) is 8.42 Å². The van der Waals surface area contributed by atoms with E-state index in [0.717, 1.165) is 30.4 Å². The lowest BCUT2D eigenvalue weighted by atomic mass is 9.39. The Morgan fingerprint density at radius 2 is 1.60 bits per heavy atom. The van der Waals surface area contributed by atoms with E-state index in [2.05, 4.69) is 38.1 Å². The number of carbonyl (C=O) groups excluding carboxylic acids is 1. The smallest absolute Gasteiger partial charge is 0.334 e. The maximum Gasteiger partial charge on any atom is 0.334 e. The van der Waals surface area contributed by atoms with Gasteiger partial charge in [-0.05, 0) is 60.5 Å². The molecular formula is C34H42O7S. The number of allylic oxidation sites excluding steroid dienone is 1. The van der Waals surface area contributed by atoms with E-state index in [1.54, 1.807) is 0 Å². The second-order valence-corrected chi connectivity index (χ2v) is 14.9. The predicted molar refractivity (Wildman–Crippen MR) is 159 cm³/mol. The molecule has 2 aromatic rings. The Morgan fingerprint density at radius 3 is 2.26 bits per heavy atom. The summed E-state index contributed by atoms with van der Waals surface area (Å²) in [6.07, 6.45) is 5.59. The van der Waals surface area contributed by atoms with Crippen LogP contribution in [0.2, 0.25) is 0 Å². The molecule has 6 rings (SSSR count). The van der Waals surface area contributed by atoms with Crippen LogP contribution in [0.25, 0.3) is 0 Å². The molecule has 8 heteroatoms. The summed E-state index contributed by atoms with van der Waals surface area (Å²) in [6.45, 7) is 6.32. The van der Waals surface area contributed by atoms with E-state index >= 15 is 0 Å². The monoisotopic (exact) mass is 594 g/mol. The summed E-state index contributed by atoms with van der Waals surface area (Å²) >= 11 is 0. The van der Waals surface area contributed by atoms with Crippen molar-refractivity contribution in [3.63, 3.8) is 0 Å². The van der Waals surface area contributed by atoms with Crippen LogP contribution in [0, 0.1) is 34.0 Å². The van der Waals surface area contributed by atoms with Crippen molar-refractivity contribution in [3.8, 4) is 0 Å². The van der Waals surface area contributed by atoms with Crippen LogP contribution >= 0.6 is 0 Å². The Bertz CT molecular complexity index is 1420. The molecule has 0 spiro atoms. The largest absolute Gasteiger partial charge is 0.462 e. The van der Waals surface area contributed by atoms with Gasteiger partial charge < -0.3 is 14.2 Å². The number of esters is 1. The maximum absolute atomic E-state index is 12.6. The molecule has 3 fully saturated rings. The minimum absolute atomic E-state index is 0.0301. The van der Waals surface area contributed by atoms with Crippen LogP contribution in [0.15, 0.2) is 72.3 Å². The molecule has 2 saturated carbocycles. The molecule has 0 aromatic heterocycles. The van der Waals surface area contributed by atoms with E-state index < -0.39 is 15.5 Å². The van der Waals surface area contributed by atoms with Crippen molar-refractivity contribution in [2.45, 2.75) is 65.3 Å². The Hall–Kier alpha value is -2.52. The zero-order valence-corrected chi connectivity index (χ0v) is 25.4. The van der Waals surface area contributed by atoms with Crippen molar-refractivity contribution in [2.75, 3.05) is 19.0 Å². The average Bonchev–Trinajstić information content (AvgIpc) is 3.34. The van der Waals surface area contributed by atoms with Gasteiger partial charge in [0.05, 0.1) is 38.3 Å². The Kier molecular flexibility index (Phi) is 7.88. The minimum Gasteiger partial charge on any atom is -0.462 e. The van der Waals surface area contributed by atoms with Gasteiger partial charge in [-0.3, -0.25) is 4.55 Å². The number of fused-ring (bicyclic) bond motifs is 5. The molecule has 4 aliphatic rings. The fraction of sp³-hybridized carbons (Fsp3) is 0.559. The average molecular weight is 595 g/mol. The zero-order valence-electron chi connectivity index (χ0n) is 24.5. The molecule has 7 atom stereocenters. The number of carbonyl (C=O) groups is 1. The van der Waals surface area contributed by atoms with Crippen LogP contribution in [-0.4, -0.2) is 44.0 Å². The van der Waals surface area contributed by atoms with Crippen molar-refractivity contribution in [2.24, 2.45) is 34.0 Å². The van der Waals surface area contributed by atoms with Gasteiger partial charge in [0.2, 0.25) is 0 Å². The fourth-order valence-electron chi connectivity index (χ4n) is 9.40. The highest BCUT2D eigenvalue weighted by Gasteiger charge is 2.67. The van der Waals surface area contributed by atoms with Gasteiger partial charge in [-0.1, -0.05) is 80.6 Å². The lowest BCUT2D eigenvalue weighted by Crippen LogP contribution is -2.64. The van der Waals surface area contributed by atoms with E-state index in [1.807, 2.05) is 42.5 Å². The van der Waals surface area contributed by atoms with Crippen LogP contribution in [0.4, 0.5) is 0 Å². The van der Waals surface area contributed by atoms with Crippen LogP contribution in [0.1, 0.15) is 57.1 Å². The first-order valence-electron chi connectivity index (χ1n) is 15.1. The molecule has 0 radical (unpaired) electrons. The molecule has 3 aliphatic carbocycles. The first-order valence-corrected chi connectivity index (χ1v) is 16.8. The summed E-state index contributed by atoms with van der Waals surface area (Å²) in [6, 6.07) is 20.4. The van der Waals surface area contributed by atoms with Crippen molar-refractivity contribution < 1.29 is 32.0 Å². The lowest BCUT2D eigenvalue weighted by molar-refractivity contribution is -0.216. The van der Waals surface area contributed by atoms with Gasteiger partial charge >= 0.3 is 5.97 Å². The molecule has 0 amide bonds. The predicted octanol–water partition coefficient (Wildman–Crippen LogP) is 6.00. The van der Waals surface area contributed by atoms with Crippen LogP contribution in [-0.2, 0) is 42.3 Å². The zero-order chi connectivity index (χ0) is 29.6. The van der Waals surface area contributed by atoms with Gasteiger partial charge in [0, 0.05) is 22.3 Å². The molecule has 2 aromatic carbocycles. The molecule has 42 heavy (non-hydrogen) atoms. The normalized spacial score (nSPS) is 35.9. The van der Waals surface area contributed by atoms with Crippen LogP contribution in [0.5, 0.6) is 0 Å². The van der Waals surface area contributed by atoms with Crippen molar-refractivity contribution in [3.05, 3.63) is 83.4 Å². The summed E-state index contributed by atoms with van der Waals surface area (Å²) in [4.78, 5) is 12.6. The molecule has 226 valence electrons. The number of hydrogen-bond donors (Lipinski definition) is 1. The maximum atomic E-state index is 12.6. The number of cyclic esters (lactones) is 1. The van der Waals surface area contributed by atoms with E-state index in [-0.39, 0.29) is 53.0 Å². The second-order valence-electron chi connectivity index (χ2n) is 13.5. The number of hydrogen-bond acceptors (Lipinski definition) is 6. The van der Waals surface area contributed by atoms with Crippen LogP contribution in [0.3, 0.4) is 0 Å². The van der Waals surface area contributed by atoms with E-state index in [0.29, 0.717) is 38.2 Å². The number of benzene rings is 2. The van der Waals surface area contributed by atoms with Gasteiger partial charge in [0.1, 0.15) is 0 Å². The highest BCUT2D eigenvalue weighted by molar-refractivity contribution is 7.85. The van der Waals surface area contributed by atoms with Crippen LogP contribution < -0.4 is 0 Å². The lowest BCUT2D eigenvalue weighted by Gasteiger charge is -2.66. The summed E-state index contributed by atoms with van der Waals surface area (Å²) in [5.74, 6) is -0.852. The van der Waals surface area contributed by atoms with E-state index in [9.17, 15) is 17.8 Å². The quantitative estimate of drug-likeness (QED) is 0.281. The number of rotatable bonds is 9. The van der Waals surface area contributed by atoms with Gasteiger partial charge in [0.15, 0.2) is 0 Å². The summed E-state index contributed by atoms with van der Waals surface area (Å²) < 4.78 is 53.9. The Balaban J connectivity index is 1.33. The van der Waals surface area contributed by atoms with Crippen molar-refractivity contribution >= 4 is 16.1 Å². The summed E-state index contributed by atoms with van der Waals surface area (Å²) in [5, 5.41) is 0. The second kappa shape index (κ2) is 11.2. The van der Waals surface area contributed by atoms with Crippen molar-refractivity contribution in [1.82, 2.24) is 0 Å². The summed E-state index contributed by atoms with van der Waals surface area (Å²) in [7, 11) is -4.29. The Morgan fingerprint density at radius 1 is 0.929 bits per heavy atom. The topological polar surface area (TPSA) is 99.1 Å². The summed E-state index contributed by atoms with van der Waals surface area (Å²) in [5.41, 5.74) is 1.52. The molecule has 1 aliphatic heterocycles. The third kappa shape index (κ3) is 5.25. The SMILES string of the molecule is C[C@@]12CC[C@@H](OCc3ccccc3)[C@@](C)(COCc3ccccc3)C1CC[C@]1(CS(=O)(=O)O)C3COC(=O)C3=CCC21. The minimum atomic E-state index is -4.29. The van der Waals surface area contributed by atoms with E-state index in [4.69, 9.17) is 14.2 Å². The van der Waals surface area contributed by atoms with E-state index in [1.165, 1.54) is 0 Å². The third-order valence-corrected chi connectivity index (χ3v) is 12.1. The standard InChI is InChI=1S/C34H42O7S/c1-32-17-16-30(40-20-25-11-7-4-8-12-25)33(2,22-39-19-24-9-5-3-6-10-24)28(32)15-18-34(23-42(36,37)38)27-21-41-31(35)26(27)13-14-29(32)34/h3-13,27-30H,14-23H2,1-2H3,(H,36,37,38)/t27?,28?,29?,30-,32-,33+,34+/m1/s1. The van der Waals surface area contributed by atoms with Crippen molar-refractivity contribution in [1.29, 1.82) is 0 Å². The third-order valence-electron chi connectivity index (χ3n) is 11.2. The van der Waals surface area contributed by atoms with Gasteiger partial charge in [0.25, 0.3) is 10.1 Å². The molecule has 1 heterocycles. The molecular weight excluding hydrogens is 552 g/mol. The Labute approximate surface area is 249 Å². The molecule has 7 nitrogen and oxygen atoms in total. The molecule has 3 unspecified atom stereocenters. The molecule has 1 N–H and O–H groups in total. The fourth-order valence-corrected chi connectivity index (χ4v) is 10.6. The van der Waals surface area contributed by atoms with Gasteiger partial charge in [-0.15, -0.1) is 0 Å².